The molecule has 1 aromatic carbocycles. The minimum absolute atomic E-state index is 0.160. The molecule has 0 unspecified atom stereocenters. The van der Waals surface area contributed by atoms with Gasteiger partial charge in [0, 0.05) is 13.1 Å². The van der Waals surface area contributed by atoms with Crippen molar-refractivity contribution < 1.29 is 13.9 Å². The molecule has 0 aliphatic heterocycles. The zero-order valence-corrected chi connectivity index (χ0v) is 11.3. The van der Waals surface area contributed by atoms with Crippen LogP contribution in [0.5, 0.6) is 11.8 Å². The topological polar surface area (TPSA) is 81.2 Å². The number of anilines is 3. The molecule has 0 aliphatic carbocycles. The zero-order valence-electron chi connectivity index (χ0n) is 11.3. The highest BCUT2D eigenvalue weighted by Gasteiger charge is 2.09. The van der Waals surface area contributed by atoms with Crippen molar-refractivity contribution in [2.45, 2.75) is 0 Å². The van der Waals surface area contributed by atoms with Gasteiger partial charge in [-0.3, -0.25) is 0 Å². The normalized spacial score (nSPS) is 10.0. The molecule has 0 spiro atoms. The lowest BCUT2D eigenvalue weighted by atomic mass is 10.3. The lowest BCUT2D eigenvalue weighted by Gasteiger charge is -2.11. The van der Waals surface area contributed by atoms with Crippen molar-refractivity contribution >= 4 is 17.6 Å². The molecule has 106 valence electrons. The SMILES string of the molecule is CNc1nc(Nc2ccc(F)cc2OC)nc(OC)n1. The van der Waals surface area contributed by atoms with Crippen LogP contribution >= 0.6 is 0 Å². The summed E-state index contributed by atoms with van der Waals surface area (Å²) < 4.78 is 23.2. The van der Waals surface area contributed by atoms with Crippen molar-refractivity contribution in [2.75, 3.05) is 31.9 Å². The molecule has 0 bridgehead atoms. The Balaban J connectivity index is 2.34. The fraction of sp³-hybridized carbons (Fsp3) is 0.250. The lowest BCUT2D eigenvalue weighted by Crippen LogP contribution is -2.06. The molecular weight excluding hydrogens is 265 g/mol. The van der Waals surface area contributed by atoms with Gasteiger partial charge in [0.2, 0.25) is 11.9 Å². The average molecular weight is 279 g/mol. The van der Waals surface area contributed by atoms with Gasteiger partial charge in [0.1, 0.15) is 11.6 Å². The van der Waals surface area contributed by atoms with Gasteiger partial charge in [-0.05, 0) is 12.1 Å². The molecule has 7 nitrogen and oxygen atoms in total. The Morgan fingerprint density at radius 3 is 2.45 bits per heavy atom. The Hall–Kier alpha value is -2.64. The number of nitrogens with one attached hydrogen (secondary N) is 2. The second kappa shape index (κ2) is 6.00. The van der Waals surface area contributed by atoms with Crippen LogP contribution in [-0.2, 0) is 0 Å². The van der Waals surface area contributed by atoms with E-state index in [1.807, 2.05) is 0 Å². The van der Waals surface area contributed by atoms with Crippen LogP contribution in [0.2, 0.25) is 0 Å². The summed E-state index contributed by atoms with van der Waals surface area (Å²) >= 11 is 0. The number of halogens is 1. The van der Waals surface area contributed by atoms with Crippen molar-refractivity contribution in [3.05, 3.63) is 24.0 Å². The third-order valence-electron chi connectivity index (χ3n) is 2.43. The summed E-state index contributed by atoms with van der Waals surface area (Å²) in [5, 5.41) is 5.72. The number of benzene rings is 1. The maximum Gasteiger partial charge on any atom is 0.322 e. The zero-order chi connectivity index (χ0) is 14.5. The average Bonchev–Trinajstić information content (AvgIpc) is 2.48. The Morgan fingerprint density at radius 1 is 1.05 bits per heavy atom. The molecule has 0 fully saturated rings. The first-order valence-corrected chi connectivity index (χ1v) is 5.74. The maximum atomic E-state index is 13.1. The largest absolute Gasteiger partial charge is 0.494 e. The number of nitrogens with zero attached hydrogens (tertiary/aromatic N) is 3. The van der Waals surface area contributed by atoms with E-state index in [2.05, 4.69) is 25.6 Å². The van der Waals surface area contributed by atoms with Gasteiger partial charge in [-0.25, -0.2) is 4.39 Å². The molecule has 0 radical (unpaired) electrons. The Kier molecular flexibility index (Phi) is 4.14. The Labute approximate surface area is 115 Å². The van der Waals surface area contributed by atoms with Crippen LogP contribution in [0.3, 0.4) is 0 Å². The van der Waals surface area contributed by atoms with Crippen LogP contribution in [0.15, 0.2) is 18.2 Å². The van der Waals surface area contributed by atoms with E-state index in [0.29, 0.717) is 17.4 Å². The standard InChI is InChI=1S/C12H14FN5O2/c1-14-10-16-11(18-12(17-10)20-3)15-8-5-4-7(13)6-9(8)19-2/h4-6H,1-3H3,(H2,14,15,16,17,18). The van der Waals surface area contributed by atoms with Crippen LogP contribution in [0.4, 0.5) is 22.0 Å². The molecular formula is C12H14FN5O2. The van der Waals surface area contributed by atoms with Crippen LogP contribution < -0.4 is 20.1 Å². The highest BCUT2D eigenvalue weighted by Crippen LogP contribution is 2.27. The summed E-state index contributed by atoms with van der Waals surface area (Å²) in [6.45, 7) is 0. The predicted molar refractivity (Wildman–Crippen MR) is 72.2 cm³/mol. The second-order valence-corrected chi connectivity index (χ2v) is 3.69. The Morgan fingerprint density at radius 2 is 1.80 bits per heavy atom. The van der Waals surface area contributed by atoms with Crippen molar-refractivity contribution in [3.8, 4) is 11.8 Å². The second-order valence-electron chi connectivity index (χ2n) is 3.69. The fourth-order valence-corrected chi connectivity index (χ4v) is 1.50. The number of hydrogen-bond donors (Lipinski definition) is 2. The summed E-state index contributed by atoms with van der Waals surface area (Å²) in [6, 6.07) is 4.26. The van der Waals surface area contributed by atoms with Crippen LogP contribution in [0.25, 0.3) is 0 Å². The number of ether oxygens (including phenoxy) is 2. The smallest absolute Gasteiger partial charge is 0.322 e. The summed E-state index contributed by atoms with van der Waals surface area (Å²) in [5.41, 5.74) is 0.532. The van der Waals surface area contributed by atoms with E-state index in [9.17, 15) is 4.39 Å². The molecule has 0 saturated heterocycles. The van der Waals surface area contributed by atoms with Crippen LogP contribution in [0, 0.1) is 5.82 Å². The summed E-state index contributed by atoms with van der Waals surface area (Å²) in [7, 11) is 4.58. The number of methoxy groups -OCH3 is 2. The summed E-state index contributed by atoms with van der Waals surface area (Å²) in [4.78, 5) is 12.1. The first-order valence-electron chi connectivity index (χ1n) is 5.74. The first-order chi connectivity index (χ1) is 9.66. The van der Waals surface area contributed by atoms with E-state index in [4.69, 9.17) is 9.47 Å². The van der Waals surface area contributed by atoms with E-state index in [-0.39, 0.29) is 12.0 Å². The number of hydrogen-bond acceptors (Lipinski definition) is 7. The third-order valence-corrected chi connectivity index (χ3v) is 2.43. The Bertz CT molecular complexity index is 586. The van der Waals surface area contributed by atoms with Crippen molar-refractivity contribution in [1.29, 1.82) is 0 Å². The van der Waals surface area contributed by atoms with E-state index >= 15 is 0 Å². The minimum atomic E-state index is -0.392. The quantitative estimate of drug-likeness (QED) is 0.863. The van der Waals surface area contributed by atoms with Gasteiger partial charge in [-0.1, -0.05) is 0 Å². The molecule has 0 atom stereocenters. The number of rotatable bonds is 5. The molecule has 0 aliphatic rings. The van der Waals surface area contributed by atoms with Crippen molar-refractivity contribution in [3.63, 3.8) is 0 Å². The molecule has 0 saturated carbocycles. The van der Waals surface area contributed by atoms with Crippen LogP contribution in [0.1, 0.15) is 0 Å². The van der Waals surface area contributed by atoms with Gasteiger partial charge in [-0.15, -0.1) is 0 Å². The third kappa shape index (κ3) is 3.02. The van der Waals surface area contributed by atoms with E-state index < -0.39 is 5.82 Å². The van der Waals surface area contributed by atoms with Gasteiger partial charge >= 0.3 is 6.01 Å². The highest BCUT2D eigenvalue weighted by atomic mass is 19.1. The van der Waals surface area contributed by atoms with Gasteiger partial charge in [0.05, 0.1) is 19.9 Å². The van der Waals surface area contributed by atoms with Gasteiger partial charge in [-0.2, -0.15) is 15.0 Å². The van der Waals surface area contributed by atoms with Crippen molar-refractivity contribution in [1.82, 2.24) is 15.0 Å². The monoisotopic (exact) mass is 279 g/mol. The highest BCUT2D eigenvalue weighted by molar-refractivity contribution is 5.63. The van der Waals surface area contributed by atoms with Crippen LogP contribution in [-0.4, -0.2) is 36.2 Å². The van der Waals surface area contributed by atoms with E-state index in [1.54, 1.807) is 7.05 Å². The maximum absolute atomic E-state index is 13.1. The van der Waals surface area contributed by atoms with Gasteiger partial charge in [0.25, 0.3) is 0 Å². The molecule has 20 heavy (non-hydrogen) atoms. The molecule has 1 heterocycles. The minimum Gasteiger partial charge on any atom is -0.494 e. The predicted octanol–water partition coefficient (Wildman–Crippen LogP) is 1.81. The molecule has 2 rings (SSSR count). The molecule has 1 aromatic heterocycles. The van der Waals surface area contributed by atoms with Crippen molar-refractivity contribution in [2.24, 2.45) is 0 Å². The molecule has 2 N–H and O–H groups in total. The molecule has 2 aromatic rings. The van der Waals surface area contributed by atoms with E-state index in [0.717, 1.165) is 0 Å². The fourth-order valence-electron chi connectivity index (χ4n) is 1.50. The molecule has 8 heteroatoms. The van der Waals surface area contributed by atoms with Gasteiger partial charge < -0.3 is 20.1 Å². The molecule has 0 amide bonds. The first kappa shape index (κ1) is 13.8. The summed E-state index contributed by atoms with van der Waals surface area (Å²) in [6.07, 6.45) is 0. The lowest BCUT2D eigenvalue weighted by molar-refractivity contribution is 0.379. The number of aromatic nitrogens is 3. The summed E-state index contributed by atoms with van der Waals surface area (Å²) in [5.74, 6) is 0.554. The van der Waals surface area contributed by atoms with E-state index in [1.165, 1.54) is 32.4 Å². The van der Waals surface area contributed by atoms with Gasteiger partial charge in [0.15, 0.2) is 0 Å².